The van der Waals surface area contributed by atoms with E-state index in [0.29, 0.717) is 6.61 Å². The van der Waals surface area contributed by atoms with Crippen LogP contribution in [0.5, 0.6) is 5.75 Å². The minimum atomic E-state index is -0.296. The third kappa shape index (κ3) is 2.82. The summed E-state index contributed by atoms with van der Waals surface area (Å²) in [6, 6.07) is 14.1. The van der Waals surface area contributed by atoms with Gasteiger partial charge in [-0.15, -0.1) is 0 Å². The molecular weight excluding hydrogens is 304 g/mol. The van der Waals surface area contributed by atoms with Crippen molar-refractivity contribution in [1.29, 1.82) is 0 Å². The Bertz CT molecular complexity index is 578. The van der Waals surface area contributed by atoms with Crippen LogP contribution in [0.3, 0.4) is 0 Å². The number of fused-ring (bicyclic) bond motifs is 1. The Labute approximate surface area is 121 Å². The van der Waals surface area contributed by atoms with Gasteiger partial charge in [0.15, 0.2) is 0 Å². The summed E-state index contributed by atoms with van der Waals surface area (Å²) in [7, 11) is 0. The Hall–Kier alpha value is -1.32. The zero-order valence-electron chi connectivity index (χ0n) is 10.5. The molecular formula is C16H15BrO2. The van der Waals surface area contributed by atoms with E-state index in [1.165, 1.54) is 5.56 Å². The van der Waals surface area contributed by atoms with E-state index in [1.54, 1.807) is 0 Å². The first-order valence-electron chi connectivity index (χ1n) is 6.40. The van der Waals surface area contributed by atoms with Gasteiger partial charge in [-0.1, -0.05) is 34.1 Å². The van der Waals surface area contributed by atoms with Gasteiger partial charge in [0.2, 0.25) is 0 Å². The van der Waals surface area contributed by atoms with E-state index in [0.717, 1.165) is 34.2 Å². The number of ether oxygens (including phenoxy) is 1. The maximum Gasteiger partial charge on any atom is 0.120 e. The fourth-order valence-electron chi connectivity index (χ4n) is 2.41. The van der Waals surface area contributed by atoms with Crippen molar-refractivity contribution in [3.63, 3.8) is 0 Å². The van der Waals surface area contributed by atoms with Crippen molar-refractivity contribution in [3.8, 4) is 5.75 Å². The molecule has 0 bridgehead atoms. The van der Waals surface area contributed by atoms with Gasteiger partial charge in [-0.25, -0.2) is 0 Å². The van der Waals surface area contributed by atoms with Gasteiger partial charge in [-0.3, -0.25) is 0 Å². The molecule has 98 valence electrons. The highest BCUT2D eigenvalue weighted by Gasteiger charge is 2.20. The SMILES string of the molecule is O[C@H]1CCc2cc(OCc3ccc(Br)cc3)ccc21. The lowest BCUT2D eigenvalue weighted by atomic mass is 10.1. The van der Waals surface area contributed by atoms with Crippen LogP contribution < -0.4 is 4.74 Å². The minimum Gasteiger partial charge on any atom is -0.489 e. The lowest BCUT2D eigenvalue weighted by Gasteiger charge is -2.09. The summed E-state index contributed by atoms with van der Waals surface area (Å²) in [5.74, 6) is 0.871. The van der Waals surface area contributed by atoms with E-state index < -0.39 is 0 Å². The van der Waals surface area contributed by atoms with Crippen molar-refractivity contribution in [2.45, 2.75) is 25.6 Å². The molecule has 0 aromatic heterocycles. The molecule has 0 aliphatic heterocycles. The number of aliphatic hydroxyl groups excluding tert-OH is 1. The van der Waals surface area contributed by atoms with Gasteiger partial charge in [0.05, 0.1) is 6.10 Å². The predicted octanol–water partition coefficient (Wildman–Crippen LogP) is 4.01. The molecule has 3 rings (SSSR count). The summed E-state index contributed by atoms with van der Waals surface area (Å²) >= 11 is 3.42. The zero-order valence-corrected chi connectivity index (χ0v) is 12.1. The van der Waals surface area contributed by atoms with Crippen molar-refractivity contribution < 1.29 is 9.84 Å². The van der Waals surface area contributed by atoms with E-state index in [1.807, 2.05) is 42.5 Å². The van der Waals surface area contributed by atoms with Crippen LogP contribution in [0.4, 0.5) is 0 Å². The summed E-state index contributed by atoms with van der Waals surface area (Å²) in [5, 5.41) is 9.76. The lowest BCUT2D eigenvalue weighted by molar-refractivity contribution is 0.180. The second-order valence-corrected chi connectivity index (χ2v) is 5.75. The molecule has 2 aromatic rings. The lowest BCUT2D eigenvalue weighted by Crippen LogP contribution is -1.96. The summed E-state index contributed by atoms with van der Waals surface area (Å²) < 4.78 is 6.87. The Morgan fingerprint density at radius 2 is 1.95 bits per heavy atom. The first kappa shape index (κ1) is 12.7. The van der Waals surface area contributed by atoms with Crippen LogP contribution in [0.25, 0.3) is 0 Å². The van der Waals surface area contributed by atoms with E-state index in [9.17, 15) is 5.11 Å². The maximum atomic E-state index is 9.76. The standard InChI is InChI=1S/C16H15BrO2/c17-13-4-1-11(2-5-13)10-19-14-6-7-15-12(9-14)3-8-16(15)18/h1-2,4-7,9,16,18H,3,8,10H2/t16-/m0/s1. The third-order valence-corrected chi connectivity index (χ3v) is 4.01. The Morgan fingerprint density at radius 1 is 1.16 bits per heavy atom. The number of hydrogen-bond acceptors (Lipinski definition) is 2. The van der Waals surface area contributed by atoms with E-state index in [4.69, 9.17) is 4.74 Å². The quantitative estimate of drug-likeness (QED) is 0.926. The van der Waals surface area contributed by atoms with Gasteiger partial charge in [-0.2, -0.15) is 0 Å². The Kier molecular flexibility index (Phi) is 3.58. The van der Waals surface area contributed by atoms with Gasteiger partial charge in [-0.05, 0) is 53.8 Å². The van der Waals surface area contributed by atoms with Gasteiger partial charge in [0.1, 0.15) is 12.4 Å². The van der Waals surface area contributed by atoms with Crippen LogP contribution in [0, 0.1) is 0 Å². The number of aliphatic hydroxyl groups is 1. The molecule has 1 aliphatic rings. The van der Waals surface area contributed by atoms with Crippen molar-refractivity contribution in [1.82, 2.24) is 0 Å². The first-order chi connectivity index (χ1) is 9.22. The highest BCUT2D eigenvalue weighted by Crippen LogP contribution is 2.33. The zero-order chi connectivity index (χ0) is 13.2. The molecule has 2 nitrogen and oxygen atoms in total. The van der Waals surface area contributed by atoms with Crippen LogP contribution in [0.15, 0.2) is 46.9 Å². The maximum absolute atomic E-state index is 9.76. The van der Waals surface area contributed by atoms with Crippen LogP contribution in [0.2, 0.25) is 0 Å². The molecule has 0 amide bonds. The average molecular weight is 319 g/mol. The highest BCUT2D eigenvalue weighted by molar-refractivity contribution is 9.10. The largest absolute Gasteiger partial charge is 0.489 e. The molecule has 0 unspecified atom stereocenters. The molecule has 0 saturated carbocycles. The van der Waals surface area contributed by atoms with Crippen molar-refractivity contribution in [3.05, 3.63) is 63.6 Å². The summed E-state index contributed by atoms with van der Waals surface area (Å²) in [6.45, 7) is 0.564. The minimum absolute atomic E-state index is 0.296. The first-order valence-corrected chi connectivity index (χ1v) is 7.20. The average Bonchev–Trinajstić information content (AvgIpc) is 2.79. The second-order valence-electron chi connectivity index (χ2n) is 4.83. The summed E-state index contributed by atoms with van der Waals surface area (Å²) in [6.07, 6.45) is 1.47. The molecule has 2 aromatic carbocycles. The van der Waals surface area contributed by atoms with Gasteiger partial charge in [0, 0.05) is 4.47 Å². The molecule has 0 heterocycles. The van der Waals surface area contributed by atoms with Crippen molar-refractivity contribution in [2.24, 2.45) is 0 Å². The van der Waals surface area contributed by atoms with Crippen molar-refractivity contribution in [2.75, 3.05) is 0 Å². The predicted molar refractivity (Wildman–Crippen MR) is 78.2 cm³/mol. The summed E-state index contributed by atoms with van der Waals surface area (Å²) in [5.41, 5.74) is 3.40. The van der Waals surface area contributed by atoms with Crippen LogP contribution in [0.1, 0.15) is 29.2 Å². The molecule has 3 heteroatoms. The Balaban J connectivity index is 1.69. The van der Waals surface area contributed by atoms with E-state index in [-0.39, 0.29) is 6.10 Å². The fourth-order valence-corrected chi connectivity index (χ4v) is 2.67. The second kappa shape index (κ2) is 5.35. The van der Waals surface area contributed by atoms with Gasteiger partial charge in [0.25, 0.3) is 0 Å². The normalized spacial score (nSPS) is 17.3. The fraction of sp³-hybridized carbons (Fsp3) is 0.250. The number of halogens is 1. The summed E-state index contributed by atoms with van der Waals surface area (Å²) in [4.78, 5) is 0. The van der Waals surface area contributed by atoms with E-state index in [2.05, 4.69) is 15.9 Å². The number of rotatable bonds is 3. The molecule has 0 fully saturated rings. The number of hydrogen-bond donors (Lipinski definition) is 1. The van der Waals surface area contributed by atoms with Crippen LogP contribution >= 0.6 is 15.9 Å². The molecule has 1 aliphatic carbocycles. The van der Waals surface area contributed by atoms with E-state index >= 15 is 0 Å². The van der Waals surface area contributed by atoms with Gasteiger partial charge >= 0.3 is 0 Å². The van der Waals surface area contributed by atoms with Crippen LogP contribution in [-0.4, -0.2) is 5.11 Å². The topological polar surface area (TPSA) is 29.5 Å². The van der Waals surface area contributed by atoms with Crippen LogP contribution in [-0.2, 0) is 13.0 Å². The smallest absolute Gasteiger partial charge is 0.120 e. The monoisotopic (exact) mass is 318 g/mol. The highest BCUT2D eigenvalue weighted by atomic mass is 79.9. The molecule has 19 heavy (non-hydrogen) atoms. The number of aryl methyl sites for hydroxylation is 1. The molecule has 0 saturated heterocycles. The molecule has 1 N–H and O–H groups in total. The Morgan fingerprint density at radius 3 is 2.74 bits per heavy atom. The van der Waals surface area contributed by atoms with Crippen molar-refractivity contribution >= 4 is 15.9 Å². The third-order valence-electron chi connectivity index (χ3n) is 3.48. The molecule has 1 atom stereocenters. The number of benzene rings is 2. The molecule has 0 spiro atoms. The molecule has 0 radical (unpaired) electrons. The van der Waals surface area contributed by atoms with Gasteiger partial charge < -0.3 is 9.84 Å².